The lowest BCUT2D eigenvalue weighted by Crippen LogP contribution is -2.37. The summed E-state index contributed by atoms with van der Waals surface area (Å²) in [6, 6.07) is 6.32. The molecule has 1 unspecified atom stereocenters. The van der Waals surface area contributed by atoms with Gasteiger partial charge in [-0.25, -0.2) is 0 Å². The van der Waals surface area contributed by atoms with Gasteiger partial charge in [-0.15, -0.1) is 11.8 Å². The van der Waals surface area contributed by atoms with Gasteiger partial charge in [0.25, 0.3) is 0 Å². The first-order chi connectivity index (χ1) is 10.8. The lowest BCUT2D eigenvalue weighted by Gasteiger charge is -2.32. The van der Waals surface area contributed by atoms with E-state index in [-0.39, 0.29) is 0 Å². The van der Waals surface area contributed by atoms with Crippen LogP contribution in [0.4, 0.5) is 0 Å². The maximum Gasteiger partial charge on any atom is 0.0548 e. The molecule has 1 aromatic heterocycles. The number of rotatable bonds is 5. The second-order valence-corrected chi connectivity index (χ2v) is 7.79. The van der Waals surface area contributed by atoms with Crippen LogP contribution < -0.4 is 0 Å². The molecule has 3 rings (SSSR count). The van der Waals surface area contributed by atoms with Crippen molar-refractivity contribution in [3.63, 3.8) is 0 Å². The van der Waals surface area contributed by atoms with Crippen LogP contribution in [-0.2, 0) is 0 Å². The molecule has 1 atom stereocenters. The average molecular weight is 335 g/mol. The second-order valence-electron chi connectivity index (χ2n) is 6.04. The van der Waals surface area contributed by atoms with Gasteiger partial charge in [0.05, 0.1) is 5.02 Å². The van der Waals surface area contributed by atoms with Crippen LogP contribution >= 0.6 is 23.4 Å². The molecule has 1 saturated heterocycles. The fraction of sp³-hybridized carbons (Fsp3) is 0.500. The zero-order valence-electron chi connectivity index (χ0n) is 13.1. The van der Waals surface area contributed by atoms with Gasteiger partial charge in [0.1, 0.15) is 0 Å². The highest BCUT2D eigenvalue weighted by molar-refractivity contribution is 8.00. The van der Waals surface area contributed by atoms with Crippen molar-refractivity contribution in [2.24, 2.45) is 0 Å². The molecule has 0 amide bonds. The van der Waals surface area contributed by atoms with E-state index < -0.39 is 0 Å². The van der Waals surface area contributed by atoms with Crippen LogP contribution in [0.3, 0.4) is 0 Å². The zero-order valence-corrected chi connectivity index (χ0v) is 14.7. The van der Waals surface area contributed by atoms with Crippen molar-refractivity contribution < 1.29 is 0 Å². The van der Waals surface area contributed by atoms with Gasteiger partial charge < -0.3 is 4.90 Å². The van der Waals surface area contributed by atoms with E-state index in [4.69, 9.17) is 11.6 Å². The number of halogens is 1. The molecule has 0 aliphatic carbocycles. The Bertz CT molecular complexity index is 632. The Morgan fingerprint density at radius 3 is 3.14 bits per heavy atom. The number of benzene rings is 1. The van der Waals surface area contributed by atoms with Crippen molar-refractivity contribution >= 4 is 34.1 Å². The number of fused-ring (bicyclic) bond motifs is 1. The summed E-state index contributed by atoms with van der Waals surface area (Å²) in [5.41, 5.74) is 0. The fourth-order valence-electron chi connectivity index (χ4n) is 3.05. The summed E-state index contributed by atoms with van der Waals surface area (Å²) in [4.78, 5) is 7.99. The average Bonchev–Trinajstić information content (AvgIpc) is 2.54. The zero-order chi connectivity index (χ0) is 15.4. The van der Waals surface area contributed by atoms with Gasteiger partial charge in [-0.3, -0.25) is 4.98 Å². The van der Waals surface area contributed by atoms with E-state index >= 15 is 0 Å². The molecule has 22 heavy (non-hydrogen) atoms. The maximum absolute atomic E-state index is 6.48. The smallest absolute Gasteiger partial charge is 0.0548 e. The molecule has 0 saturated carbocycles. The molecule has 0 spiro atoms. The van der Waals surface area contributed by atoms with E-state index in [0.717, 1.165) is 10.4 Å². The van der Waals surface area contributed by atoms with Crippen LogP contribution in [0.1, 0.15) is 32.6 Å². The minimum Gasteiger partial charge on any atom is -0.302 e. The van der Waals surface area contributed by atoms with Crippen molar-refractivity contribution in [2.45, 2.75) is 42.8 Å². The van der Waals surface area contributed by atoms with Crippen molar-refractivity contribution in [3.05, 3.63) is 35.6 Å². The molecule has 0 radical (unpaired) electrons. The third-order valence-electron chi connectivity index (χ3n) is 4.28. The van der Waals surface area contributed by atoms with E-state index in [9.17, 15) is 0 Å². The van der Waals surface area contributed by atoms with E-state index in [0.29, 0.717) is 5.25 Å². The summed E-state index contributed by atoms with van der Waals surface area (Å²) >= 11 is 8.43. The summed E-state index contributed by atoms with van der Waals surface area (Å²) in [5.74, 6) is 0. The Kier molecular flexibility index (Phi) is 5.61. The van der Waals surface area contributed by atoms with Crippen molar-refractivity contribution in [1.29, 1.82) is 0 Å². The topological polar surface area (TPSA) is 16.1 Å². The maximum atomic E-state index is 6.48. The summed E-state index contributed by atoms with van der Waals surface area (Å²) in [5, 5.41) is 3.85. The Labute approximate surface area is 142 Å². The highest BCUT2D eigenvalue weighted by atomic mass is 35.5. The largest absolute Gasteiger partial charge is 0.302 e. The van der Waals surface area contributed by atoms with Gasteiger partial charge in [0.2, 0.25) is 0 Å². The van der Waals surface area contributed by atoms with Gasteiger partial charge in [0, 0.05) is 34.5 Å². The van der Waals surface area contributed by atoms with Gasteiger partial charge in [0.15, 0.2) is 0 Å². The van der Waals surface area contributed by atoms with Crippen molar-refractivity contribution in [2.75, 3.05) is 19.6 Å². The second kappa shape index (κ2) is 7.67. The molecule has 2 aromatic rings. The first kappa shape index (κ1) is 16.1. The monoisotopic (exact) mass is 334 g/mol. The summed E-state index contributed by atoms with van der Waals surface area (Å²) in [6.45, 7) is 5.95. The molecule has 1 aliphatic rings. The lowest BCUT2D eigenvalue weighted by atomic mass is 10.1. The number of thioether (sulfide) groups is 1. The third-order valence-corrected chi connectivity index (χ3v) is 6.01. The number of unbranched alkanes of at least 4 members (excludes halogenated alkanes) is 1. The Morgan fingerprint density at radius 2 is 2.27 bits per heavy atom. The van der Waals surface area contributed by atoms with Crippen molar-refractivity contribution in [3.8, 4) is 0 Å². The fourth-order valence-corrected chi connectivity index (χ4v) is 4.65. The predicted octanol–water partition coefficient (Wildman–Crippen LogP) is 5.24. The molecule has 118 valence electrons. The van der Waals surface area contributed by atoms with E-state index in [1.54, 1.807) is 0 Å². The predicted molar refractivity (Wildman–Crippen MR) is 97.0 cm³/mol. The molecular formula is C18H23ClN2S. The number of hydrogen-bond donors (Lipinski definition) is 0. The van der Waals surface area contributed by atoms with E-state index in [1.165, 1.54) is 55.6 Å². The van der Waals surface area contributed by atoms with E-state index in [2.05, 4.69) is 28.9 Å². The molecular weight excluding hydrogens is 312 g/mol. The van der Waals surface area contributed by atoms with Crippen LogP contribution in [0.25, 0.3) is 10.8 Å². The summed E-state index contributed by atoms with van der Waals surface area (Å²) < 4.78 is 0. The third kappa shape index (κ3) is 3.95. The van der Waals surface area contributed by atoms with Crippen LogP contribution in [-0.4, -0.2) is 34.8 Å². The van der Waals surface area contributed by atoms with Gasteiger partial charge in [-0.2, -0.15) is 0 Å². The molecule has 1 fully saturated rings. The number of pyridine rings is 1. The molecule has 2 nitrogen and oxygen atoms in total. The van der Waals surface area contributed by atoms with Crippen LogP contribution in [0, 0.1) is 0 Å². The number of hydrogen-bond acceptors (Lipinski definition) is 3. The SMILES string of the molecule is CCCCN1CCCC(Sc2cc3ccncc3cc2Cl)C1. The molecule has 1 aromatic carbocycles. The van der Waals surface area contributed by atoms with Gasteiger partial charge >= 0.3 is 0 Å². The van der Waals surface area contributed by atoms with Gasteiger partial charge in [-0.1, -0.05) is 24.9 Å². The molecule has 4 heteroatoms. The number of piperidine rings is 1. The van der Waals surface area contributed by atoms with Crippen LogP contribution in [0.2, 0.25) is 5.02 Å². The molecule has 1 aliphatic heterocycles. The van der Waals surface area contributed by atoms with Crippen LogP contribution in [0.15, 0.2) is 35.5 Å². The quantitative estimate of drug-likeness (QED) is 0.743. The lowest BCUT2D eigenvalue weighted by molar-refractivity contribution is 0.231. The van der Waals surface area contributed by atoms with Crippen LogP contribution in [0.5, 0.6) is 0 Å². The number of nitrogens with zero attached hydrogens (tertiary/aromatic N) is 2. The molecule has 0 N–H and O–H groups in total. The highest BCUT2D eigenvalue weighted by Gasteiger charge is 2.21. The molecule has 0 bridgehead atoms. The van der Waals surface area contributed by atoms with Crippen molar-refractivity contribution in [1.82, 2.24) is 9.88 Å². The summed E-state index contributed by atoms with van der Waals surface area (Å²) in [7, 11) is 0. The Hall–Kier alpha value is -0.770. The first-order valence-electron chi connectivity index (χ1n) is 8.18. The minimum absolute atomic E-state index is 0.655. The molecule has 2 heterocycles. The van der Waals surface area contributed by atoms with Gasteiger partial charge in [-0.05, 0) is 55.9 Å². The normalized spacial score (nSPS) is 19.6. The Balaban J connectivity index is 1.71. The first-order valence-corrected chi connectivity index (χ1v) is 9.44. The number of likely N-dealkylation sites (tertiary alicyclic amines) is 1. The van der Waals surface area contributed by atoms with E-state index in [1.807, 2.05) is 30.2 Å². The Morgan fingerprint density at radius 1 is 1.36 bits per heavy atom. The summed E-state index contributed by atoms with van der Waals surface area (Å²) in [6.07, 6.45) is 8.90. The number of aromatic nitrogens is 1. The highest BCUT2D eigenvalue weighted by Crippen LogP contribution is 2.36. The standard InChI is InChI=1S/C18H23ClN2S/c1-2-3-8-21-9-4-5-16(13-21)22-18-11-14-6-7-20-12-15(14)10-17(18)19/h6-7,10-12,16H,2-5,8-9,13H2,1H3. The minimum atomic E-state index is 0.655.